The Labute approximate surface area is 111 Å². The fourth-order valence-corrected chi connectivity index (χ4v) is 2.17. The normalized spacial score (nSPS) is 23.9. The van der Waals surface area contributed by atoms with Crippen molar-refractivity contribution in [3.8, 4) is 0 Å². The van der Waals surface area contributed by atoms with Crippen LogP contribution in [0.5, 0.6) is 0 Å². The third-order valence-corrected chi connectivity index (χ3v) is 4.02. The van der Waals surface area contributed by atoms with Crippen molar-refractivity contribution in [2.75, 3.05) is 33.2 Å². The quantitative estimate of drug-likeness (QED) is 0.672. The molecule has 0 spiro atoms. The number of carbonyl (C=O) groups excluding carboxylic acids is 1. The zero-order chi connectivity index (χ0) is 13.6. The molecule has 0 aliphatic carbocycles. The van der Waals surface area contributed by atoms with E-state index in [0.717, 1.165) is 45.4 Å². The van der Waals surface area contributed by atoms with E-state index in [-0.39, 0.29) is 11.3 Å². The van der Waals surface area contributed by atoms with Crippen LogP contribution < -0.4 is 10.6 Å². The zero-order valence-electron chi connectivity index (χ0n) is 12.4. The summed E-state index contributed by atoms with van der Waals surface area (Å²) in [5, 5.41) is 6.33. The van der Waals surface area contributed by atoms with E-state index in [0.29, 0.717) is 6.04 Å². The van der Waals surface area contributed by atoms with Crippen molar-refractivity contribution in [2.24, 2.45) is 5.41 Å². The van der Waals surface area contributed by atoms with Gasteiger partial charge in [0.1, 0.15) is 0 Å². The summed E-state index contributed by atoms with van der Waals surface area (Å²) in [5.74, 6) is 0.213. The number of nitrogens with zero attached hydrogens (tertiary/aromatic N) is 1. The zero-order valence-corrected chi connectivity index (χ0v) is 12.4. The highest BCUT2D eigenvalue weighted by Crippen LogP contribution is 2.24. The minimum Gasteiger partial charge on any atom is -0.356 e. The molecule has 1 saturated heterocycles. The lowest BCUT2D eigenvalue weighted by Gasteiger charge is -2.22. The summed E-state index contributed by atoms with van der Waals surface area (Å²) in [5.41, 5.74) is -0.186. The van der Waals surface area contributed by atoms with Crippen LogP contribution in [0.1, 0.15) is 40.0 Å². The molecule has 0 saturated carbocycles. The number of amides is 1. The van der Waals surface area contributed by atoms with Crippen molar-refractivity contribution in [2.45, 2.75) is 46.1 Å². The number of rotatable bonds is 7. The second kappa shape index (κ2) is 7.10. The topological polar surface area (TPSA) is 44.4 Å². The first kappa shape index (κ1) is 15.4. The fourth-order valence-electron chi connectivity index (χ4n) is 2.17. The smallest absolute Gasteiger partial charge is 0.227 e. The molecule has 0 radical (unpaired) electrons. The van der Waals surface area contributed by atoms with Gasteiger partial charge in [-0.3, -0.25) is 4.79 Å². The SMILES string of the molecule is CC(C)N(C)CCCCNC(=O)C1(C)CCNC1. The van der Waals surface area contributed by atoms with Crippen molar-refractivity contribution in [1.82, 2.24) is 15.5 Å². The van der Waals surface area contributed by atoms with Crippen LogP contribution in [0.15, 0.2) is 0 Å². The number of carbonyl (C=O) groups is 1. The van der Waals surface area contributed by atoms with Gasteiger partial charge in [0, 0.05) is 19.1 Å². The maximum atomic E-state index is 12.0. The summed E-state index contributed by atoms with van der Waals surface area (Å²) in [6.45, 7) is 10.1. The van der Waals surface area contributed by atoms with E-state index >= 15 is 0 Å². The second-order valence-corrected chi connectivity index (χ2v) is 6.02. The average molecular weight is 255 g/mol. The van der Waals surface area contributed by atoms with Crippen molar-refractivity contribution >= 4 is 5.91 Å². The molecule has 4 nitrogen and oxygen atoms in total. The lowest BCUT2D eigenvalue weighted by atomic mass is 9.89. The summed E-state index contributed by atoms with van der Waals surface area (Å²) < 4.78 is 0. The fraction of sp³-hybridized carbons (Fsp3) is 0.929. The van der Waals surface area contributed by atoms with Crippen LogP contribution in [0, 0.1) is 5.41 Å². The molecule has 1 heterocycles. The highest BCUT2D eigenvalue weighted by atomic mass is 16.2. The average Bonchev–Trinajstić information content (AvgIpc) is 2.76. The Morgan fingerprint density at radius 2 is 2.17 bits per heavy atom. The van der Waals surface area contributed by atoms with Crippen LogP contribution in [0.25, 0.3) is 0 Å². The summed E-state index contributed by atoms with van der Waals surface area (Å²) in [7, 11) is 2.15. The number of unbranched alkanes of at least 4 members (excludes halogenated alkanes) is 1. The minimum absolute atomic E-state index is 0.186. The molecule has 106 valence electrons. The molecule has 1 aliphatic rings. The van der Waals surface area contributed by atoms with Gasteiger partial charge in [0.15, 0.2) is 0 Å². The second-order valence-electron chi connectivity index (χ2n) is 6.02. The first-order chi connectivity index (χ1) is 8.46. The van der Waals surface area contributed by atoms with Gasteiger partial charge in [-0.05, 0) is 60.2 Å². The van der Waals surface area contributed by atoms with Gasteiger partial charge in [0.25, 0.3) is 0 Å². The van der Waals surface area contributed by atoms with E-state index in [4.69, 9.17) is 0 Å². The van der Waals surface area contributed by atoms with E-state index < -0.39 is 0 Å². The first-order valence-electron chi connectivity index (χ1n) is 7.15. The van der Waals surface area contributed by atoms with Gasteiger partial charge < -0.3 is 15.5 Å². The van der Waals surface area contributed by atoms with Gasteiger partial charge in [-0.2, -0.15) is 0 Å². The van der Waals surface area contributed by atoms with Gasteiger partial charge in [-0.25, -0.2) is 0 Å². The third-order valence-electron chi connectivity index (χ3n) is 4.02. The lowest BCUT2D eigenvalue weighted by molar-refractivity contribution is -0.129. The molecule has 1 unspecified atom stereocenters. The number of nitrogens with one attached hydrogen (secondary N) is 2. The van der Waals surface area contributed by atoms with Gasteiger partial charge in [0.05, 0.1) is 5.41 Å². The van der Waals surface area contributed by atoms with Gasteiger partial charge in [0.2, 0.25) is 5.91 Å². The molecule has 1 aliphatic heterocycles. The maximum Gasteiger partial charge on any atom is 0.227 e. The van der Waals surface area contributed by atoms with E-state index in [1.807, 2.05) is 0 Å². The predicted molar refractivity (Wildman–Crippen MR) is 75.6 cm³/mol. The maximum absolute atomic E-state index is 12.0. The van der Waals surface area contributed by atoms with Crippen LogP contribution in [0.3, 0.4) is 0 Å². The molecular formula is C14H29N3O. The summed E-state index contributed by atoms with van der Waals surface area (Å²) in [6.07, 6.45) is 3.16. The molecule has 0 aromatic rings. The molecule has 1 amide bonds. The van der Waals surface area contributed by atoms with E-state index in [2.05, 4.69) is 43.4 Å². The molecule has 18 heavy (non-hydrogen) atoms. The van der Waals surface area contributed by atoms with Gasteiger partial charge in [-0.15, -0.1) is 0 Å². The molecule has 4 heteroatoms. The van der Waals surface area contributed by atoms with E-state index in [1.54, 1.807) is 0 Å². The molecule has 0 aromatic heterocycles. The van der Waals surface area contributed by atoms with Gasteiger partial charge >= 0.3 is 0 Å². The highest BCUT2D eigenvalue weighted by Gasteiger charge is 2.35. The van der Waals surface area contributed by atoms with E-state index in [9.17, 15) is 4.79 Å². The van der Waals surface area contributed by atoms with E-state index in [1.165, 1.54) is 0 Å². The van der Waals surface area contributed by atoms with Crippen molar-refractivity contribution < 1.29 is 4.79 Å². The highest BCUT2D eigenvalue weighted by molar-refractivity contribution is 5.82. The third kappa shape index (κ3) is 4.58. The number of hydrogen-bond donors (Lipinski definition) is 2. The Morgan fingerprint density at radius 3 is 2.72 bits per heavy atom. The van der Waals surface area contributed by atoms with Crippen LogP contribution in [-0.4, -0.2) is 50.1 Å². The summed E-state index contributed by atoms with van der Waals surface area (Å²) >= 11 is 0. The minimum atomic E-state index is -0.186. The molecule has 1 fully saturated rings. The van der Waals surface area contributed by atoms with Crippen molar-refractivity contribution in [1.29, 1.82) is 0 Å². The molecule has 1 atom stereocenters. The predicted octanol–water partition coefficient (Wildman–Crippen LogP) is 1.22. The Balaban J connectivity index is 2.09. The standard InChI is InChI=1S/C14H29N3O/c1-12(2)17(4)10-6-5-8-16-13(18)14(3)7-9-15-11-14/h12,15H,5-11H2,1-4H3,(H,16,18). The Morgan fingerprint density at radius 1 is 1.44 bits per heavy atom. The Kier molecular flexibility index (Phi) is 6.09. The molecule has 0 aromatic carbocycles. The van der Waals surface area contributed by atoms with Gasteiger partial charge in [-0.1, -0.05) is 0 Å². The van der Waals surface area contributed by atoms with Crippen LogP contribution in [0.2, 0.25) is 0 Å². The van der Waals surface area contributed by atoms with Crippen LogP contribution in [0.4, 0.5) is 0 Å². The largest absolute Gasteiger partial charge is 0.356 e. The molecule has 2 N–H and O–H groups in total. The molecule has 1 rings (SSSR count). The molecular weight excluding hydrogens is 226 g/mol. The number of hydrogen-bond acceptors (Lipinski definition) is 3. The lowest BCUT2D eigenvalue weighted by Crippen LogP contribution is -2.40. The van der Waals surface area contributed by atoms with Crippen molar-refractivity contribution in [3.63, 3.8) is 0 Å². The molecule has 0 bridgehead atoms. The summed E-state index contributed by atoms with van der Waals surface area (Å²) in [6, 6.07) is 0.600. The Bertz CT molecular complexity index is 260. The Hall–Kier alpha value is -0.610. The summed E-state index contributed by atoms with van der Waals surface area (Å²) in [4.78, 5) is 14.3. The monoisotopic (exact) mass is 255 g/mol. The first-order valence-corrected chi connectivity index (χ1v) is 7.15. The van der Waals surface area contributed by atoms with Crippen molar-refractivity contribution in [3.05, 3.63) is 0 Å². The van der Waals surface area contributed by atoms with Crippen LogP contribution >= 0.6 is 0 Å². The van der Waals surface area contributed by atoms with Crippen LogP contribution in [-0.2, 0) is 4.79 Å².